The van der Waals surface area contributed by atoms with Gasteiger partial charge in [-0.3, -0.25) is 0 Å². The van der Waals surface area contributed by atoms with Gasteiger partial charge in [-0.05, 0) is 60.1 Å². The van der Waals surface area contributed by atoms with Gasteiger partial charge in [0.1, 0.15) is 0 Å². The summed E-state index contributed by atoms with van der Waals surface area (Å²) in [6.07, 6.45) is 1.60. The zero-order valence-corrected chi connectivity index (χ0v) is 21.1. The Labute approximate surface area is 223 Å². The van der Waals surface area contributed by atoms with Crippen LogP contribution in [0.2, 0.25) is 0 Å². The smallest absolute Gasteiger partial charge is 0.335 e. The van der Waals surface area contributed by atoms with Crippen LogP contribution in [0.4, 0.5) is 0 Å². The number of aliphatic hydroxyl groups excluding tert-OH is 2. The molecule has 4 aromatic carbocycles. The molecule has 0 aromatic heterocycles. The Balaban J connectivity index is 0.000000232. The zero-order chi connectivity index (χ0) is 27.6. The van der Waals surface area contributed by atoms with Gasteiger partial charge in [0, 0.05) is 13.2 Å². The lowest BCUT2D eigenvalue weighted by Gasteiger charge is -2.24. The number of carboxylic acid groups (broad SMARTS) is 2. The van der Waals surface area contributed by atoms with Crippen molar-refractivity contribution in [1.82, 2.24) is 0 Å². The number of aliphatic hydroxyl groups is 2. The van der Waals surface area contributed by atoms with E-state index in [1.54, 1.807) is 60.7 Å². The molecule has 6 nitrogen and oxygen atoms in total. The lowest BCUT2D eigenvalue weighted by molar-refractivity contribution is 0.0686. The van der Waals surface area contributed by atoms with Crippen LogP contribution in [-0.4, -0.2) is 45.6 Å². The van der Waals surface area contributed by atoms with E-state index in [0.717, 1.165) is 12.8 Å². The summed E-state index contributed by atoms with van der Waals surface area (Å²) in [5.41, 5.74) is 3.08. The summed E-state index contributed by atoms with van der Waals surface area (Å²) in [4.78, 5) is 20.4. The topological polar surface area (TPSA) is 115 Å². The minimum absolute atomic E-state index is 0.0857. The maximum Gasteiger partial charge on any atom is 0.335 e. The summed E-state index contributed by atoms with van der Waals surface area (Å²) >= 11 is 0. The van der Waals surface area contributed by atoms with Gasteiger partial charge in [-0.2, -0.15) is 0 Å². The summed E-state index contributed by atoms with van der Waals surface area (Å²) < 4.78 is 0. The van der Waals surface area contributed by atoms with E-state index in [4.69, 9.17) is 10.2 Å². The monoisotopic (exact) mass is 514 g/mol. The van der Waals surface area contributed by atoms with Crippen LogP contribution in [-0.2, 0) is 12.8 Å². The average Bonchev–Trinajstić information content (AvgIpc) is 2.97. The molecule has 2 unspecified atom stereocenters. The summed E-state index contributed by atoms with van der Waals surface area (Å²) in [5, 5.41) is 36.1. The molecule has 0 fully saturated rings. The second-order valence-corrected chi connectivity index (χ2v) is 8.61. The molecular formula is C32H34O6. The summed E-state index contributed by atoms with van der Waals surface area (Å²) in [6, 6.07) is 36.9. The second-order valence-electron chi connectivity index (χ2n) is 8.61. The predicted molar refractivity (Wildman–Crippen MR) is 148 cm³/mol. The van der Waals surface area contributed by atoms with Gasteiger partial charge in [0.25, 0.3) is 0 Å². The van der Waals surface area contributed by atoms with Crippen molar-refractivity contribution in [2.45, 2.75) is 12.8 Å². The second kappa shape index (κ2) is 17.2. The van der Waals surface area contributed by atoms with Crippen LogP contribution in [0.15, 0.2) is 121 Å². The molecule has 0 aliphatic heterocycles. The van der Waals surface area contributed by atoms with E-state index in [-0.39, 0.29) is 25.0 Å². The lowest BCUT2D eigenvalue weighted by atomic mass is 9.84. The summed E-state index contributed by atoms with van der Waals surface area (Å²) in [5.74, 6) is -1.59. The van der Waals surface area contributed by atoms with Gasteiger partial charge >= 0.3 is 11.9 Å². The molecule has 0 amide bonds. The van der Waals surface area contributed by atoms with E-state index < -0.39 is 11.9 Å². The number of aromatic carboxylic acids is 2. The van der Waals surface area contributed by atoms with Crippen molar-refractivity contribution in [3.63, 3.8) is 0 Å². The van der Waals surface area contributed by atoms with Crippen LogP contribution >= 0.6 is 0 Å². The number of benzene rings is 4. The van der Waals surface area contributed by atoms with Crippen molar-refractivity contribution in [3.8, 4) is 0 Å². The molecule has 38 heavy (non-hydrogen) atoms. The highest BCUT2D eigenvalue weighted by Crippen LogP contribution is 2.21. The fourth-order valence-electron chi connectivity index (χ4n) is 3.76. The molecule has 6 heteroatoms. The molecular weight excluding hydrogens is 480 g/mol. The van der Waals surface area contributed by atoms with Crippen LogP contribution in [0, 0.1) is 11.8 Å². The number of carbonyl (C=O) groups is 2. The van der Waals surface area contributed by atoms with Gasteiger partial charge in [-0.1, -0.05) is 97.1 Å². The lowest BCUT2D eigenvalue weighted by Crippen LogP contribution is -2.26. The standard InChI is InChI=1S/C18H22O2.2C7H6O2/c19-13-17(11-15-7-3-1-4-8-15)18(14-20)12-16-9-5-2-6-10-16;2*8-7(9)6-4-2-1-3-5-6/h1-10,17-20H,11-14H2;2*1-5H,(H,8,9). The largest absolute Gasteiger partial charge is 0.478 e. The first kappa shape index (κ1) is 30.0. The van der Waals surface area contributed by atoms with Crippen LogP contribution in [0.5, 0.6) is 0 Å². The third-order valence-corrected chi connectivity index (χ3v) is 5.86. The van der Waals surface area contributed by atoms with Crippen LogP contribution in [0.3, 0.4) is 0 Å². The first-order valence-corrected chi connectivity index (χ1v) is 12.3. The van der Waals surface area contributed by atoms with E-state index in [2.05, 4.69) is 24.3 Å². The summed E-state index contributed by atoms with van der Waals surface area (Å²) in [6.45, 7) is 0.208. The molecule has 0 radical (unpaired) electrons. The maximum absolute atomic E-state index is 10.2. The van der Waals surface area contributed by atoms with Crippen molar-refractivity contribution in [3.05, 3.63) is 144 Å². The van der Waals surface area contributed by atoms with E-state index in [0.29, 0.717) is 11.1 Å². The Hall–Kier alpha value is -4.26. The van der Waals surface area contributed by atoms with E-state index >= 15 is 0 Å². The van der Waals surface area contributed by atoms with Gasteiger partial charge in [0.15, 0.2) is 0 Å². The minimum atomic E-state index is -0.879. The van der Waals surface area contributed by atoms with Crippen LogP contribution in [0.25, 0.3) is 0 Å². The van der Waals surface area contributed by atoms with Crippen molar-refractivity contribution in [1.29, 1.82) is 0 Å². The molecule has 0 heterocycles. The molecule has 2 atom stereocenters. The minimum Gasteiger partial charge on any atom is -0.478 e. The van der Waals surface area contributed by atoms with Gasteiger partial charge in [0.2, 0.25) is 0 Å². The van der Waals surface area contributed by atoms with Gasteiger partial charge < -0.3 is 20.4 Å². The molecule has 0 spiro atoms. The fourth-order valence-corrected chi connectivity index (χ4v) is 3.76. The average molecular weight is 515 g/mol. The normalized spacial score (nSPS) is 11.5. The Morgan fingerprint density at radius 3 is 0.947 bits per heavy atom. The highest BCUT2D eigenvalue weighted by molar-refractivity contribution is 5.87. The molecule has 4 rings (SSSR count). The third kappa shape index (κ3) is 11.2. The molecule has 4 N–H and O–H groups in total. The Morgan fingerprint density at radius 2 is 0.737 bits per heavy atom. The predicted octanol–water partition coefficient (Wildman–Crippen LogP) is 5.46. The molecule has 0 saturated carbocycles. The zero-order valence-electron chi connectivity index (χ0n) is 21.1. The van der Waals surface area contributed by atoms with Crippen LogP contribution in [0.1, 0.15) is 31.8 Å². The SMILES string of the molecule is O=C(O)c1ccccc1.O=C(O)c1ccccc1.OCC(Cc1ccccc1)C(CO)Cc1ccccc1. The van der Waals surface area contributed by atoms with Gasteiger partial charge in [-0.15, -0.1) is 0 Å². The van der Waals surface area contributed by atoms with E-state index in [1.807, 2.05) is 36.4 Å². The highest BCUT2D eigenvalue weighted by atomic mass is 16.4. The van der Waals surface area contributed by atoms with Crippen molar-refractivity contribution in [2.75, 3.05) is 13.2 Å². The molecule has 0 aliphatic carbocycles. The van der Waals surface area contributed by atoms with Crippen molar-refractivity contribution in [2.24, 2.45) is 11.8 Å². The maximum atomic E-state index is 10.2. The van der Waals surface area contributed by atoms with E-state index in [1.165, 1.54) is 11.1 Å². The van der Waals surface area contributed by atoms with Crippen molar-refractivity contribution < 1.29 is 30.0 Å². The number of carboxylic acids is 2. The van der Waals surface area contributed by atoms with Crippen molar-refractivity contribution >= 4 is 11.9 Å². The van der Waals surface area contributed by atoms with E-state index in [9.17, 15) is 19.8 Å². The third-order valence-electron chi connectivity index (χ3n) is 5.86. The quantitative estimate of drug-likeness (QED) is 0.236. The molecule has 0 saturated heterocycles. The van der Waals surface area contributed by atoms with Gasteiger partial charge in [-0.25, -0.2) is 9.59 Å². The Kier molecular flexibility index (Phi) is 13.6. The molecule has 0 aliphatic rings. The highest BCUT2D eigenvalue weighted by Gasteiger charge is 2.21. The fraction of sp³-hybridized carbons (Fsp3) is 0.188. The summed E-state index contributed by atoms with van der Waals surface area (Å²) in [7, 11) is 0. The van der Waals surface area contributed by atoms with Crippen LogP contribution < -0.4 is 0 Å². The number of hydrogen-bond acceptors (Lipinski definition) is 4. The number of rotatable bonds is 9. The Morgan fingerprint density at radius 1 is 0.474 bits per heavy atom. The molecule has 198 valence electrons. The Bertz CT molecular complexity index is 1080. The molecule has 0 bridgehead atoms. The van der Waals surface area contributed by atoms with Gasteiger partial charge in [0.05, 0.1) is 11.1 Å². The molecule has 4 aromatic rings. The first-order valence-electron chi connectivity index (χ1n) is 12.3. The number of hydrogen-bond donors (Lipinski definition) is 4. The first-order chi connectivity index (χ1) is 18.4.